The first-order valence-electron chi connectivity index (χ1n) is 6.32. The predicted octanol–water partition coefficient (Wildman–Crippen LogP) is 1.52. The van der Waals surface area contributed by atoms with E-state index in [4.69, 9.17) is 18.0 Å². The Labute approximate surface area is 124 Å². The van der Waals surface area contributed by atoms with Gasteiger partial charge in [0.2, 0.25) is 0 Å². The highest BCUT2D eigenvalue weighted by atomic mass is 32.2. The number of nitrogens with zero attached hydrogens (tertiary/aromatic N) is 2. The SMILES string of the molecule is CC(C)N(CCC(N)=S)C1=NS(=O)(=O)c2ccccc21. The van der Waals surface area contributed by atoms with Crippen molar-refractivity contribution < 1.29 is 8.42 Å². The summed E-state index contributed by atoms with van der Waals surface area (Å²) in [7, 11) is -3.59. The number of fused-ring (bicyclic) bond motifs is 1. The molecule has 20 heavy (non-hydrogen) atoms. The summed E-state index contributed by atoms with van der Waals surface area (Å²) < 4.78 is 28.0. The minimum Gasteiger partial charge on any atom is -0.393 e. The molecule has 7 heteroatoms. The second-order valence-corrected chi connectivity index (χ2v) is 6.99. The number of rotatable bonds is 4. The lowest BCUT2D eigenvalue weighted by Crippen LogP contribution is -2.38. The number of sulfonamides is 1. The summed E-state index contributed by atoms with van der Waals surface area (Å²) in [4.78, 5) is 2.59. The maximum Gasteiger partial charge on any atom is 0.285 e. The number of hydrogen-bond donors (Lipinski definition) is 1. The third-order valence-electron chi connectivity index (χ3n) is 3.11. The van der Waals surface area contributed by atoms with Crippen molar-refractivity contribution in [2.45, 2.75) is 31.2 Å². The van der Waals surface area contributed by atoms with Gasteiger partial charge in [-0.25, -0.2) is 0 Å². The predicted molar refractivity (Wildman–Crippen MR) is 83.4 cm³/mol. The number of hydrogen-bond acceptors (Lipinski definition) is 4. The summed E-state index contributed by atoms with van der Waals surface area (Å²) in [6.45, 7) is 4.51. The molecule has 0 aromatic heterocycles. The number of nitrogens with two attached hydrogens (primary N) is 1. The lowest BCUT2D eigenvalue weighted by molar-refractivity contribution is 0.360. The Morgan fingerprint density at radius 1 is 1.40 bits per heavy atom. The Balaban J connectivity index is 2.43. The van der Waals surface area contributed by atoms with Crippen molar-refractivity contribution in [3.63, 3.8) is 0 Å². The standard InChI is InChI=1S/C13H17N3O2S2/c1-9(2)16(8-7-12(14)19)13-10-5-3-4-6-11(10)20(17,18)15-13/h3-6,9H,7-8H2,1-2H3,(H2,14,19). The normalized spacial score (nSPS) is 15.8. The summed E-state index contributed by atoms with van der Waals surface area (Å²) in [5.41, 5.74) is 6.18. The van der Waals surface area contributed by atoms with E-state index in [2.05, 4.69) is 4.40 Å². The van der Waals surface area contributed by atoms with Gasteiger partial charge in [0.25, 0.3) is 10.0 Å². The number of thiocarbonyl (C=S) groups is 1. The van der Waals surface area contributed by atoms with E-state index in [-0.39, 0.29) is 10.9 Å². The minimum absolute atomic E-state index is 0.101. The fourth-order valence-electron chi connectivity index (χ4n) is 2.13. The molecule has 0 amide bonds. The molecule has 0 saturated carbocycles. The lowest BCUT2D eigenvalue weighted by Gasteiger charge is -2.28. The van der Waals surface area contributed by atoms with Crippen LogP contribution in [0.5, 0.6) is 0 Å². The molecule has 0 spiro atoms. The summed E-state index contributed by atoms with van der Waals surface area (Å²) >= 11 is 4.89. The summed E-state index contributed by atoms with van der Waals surface area (Å²) in [5, 5.41) is 0. The van der Waals surface area contributed by atoms with Crippen molar-refractivity contribution in [2.75, 3.05) is 6.54 Å². The topological polar surface area (TPSA) is 75.8 Å². The van der Waals surface area contributed by atoms with Crippen molar-refractivity contribution in [3.8, 4) is 0 Å². The Kier molecular flexibility index (Phi) is 4.10. The average molecular weight is 311 g/mol. The van der Waals surface area contributed by atoms with Gasteiger partial charge >= 0.3 is 0 Å². The molecule has 0 unspecified atom stereocenters. The van der Waals surface area contributed by atoms with Crippen LogP contribution in [0.25, 0.3) is 0 Å². The van der Waals surface area contributed by atoms with Crippen LogP contribution in [0.1, 0.15) is 25.8 Å². The first-order chi connectivity index (χ1) is 9.33. The van der Waals surface area contributed by atoms with Gasteiger partial charge in [-0.2, -0.15) is 8.42 Å². The van der Waals surface area contributed by atoms with Crippen LogP contribution in [0.15, 0.2) is 33.6 Å². The van der Waals surface area contributed by atoms with Gasteiger partial charge in [0.15, 0.2) is 5.84 Å². The molecule has 1 aromatic rings. The van der Waals surface area contributed by atoms with Gasteiger partial charge in [-0.1, -0.05) is 24.4 Å². The van der Waals surface area contributed by atoms with Gasteiger partial charge in [-0.15, -0.1) is 4.40 Å². The number of benzene rings is 1. The van der Waals surface area contributed by atoms with Crippen molar-refractivity contribution >= 4 is 33.1 Å². The molecule has 1 heterocycles. The molecule has 0 bridgehead atoms. The molecule has 108 valence electrons. The molecular formula is C13H17N3O2S2. The molecule has 0 fully saturated rings. The van der Waals surface area contributed by atoms with Crippen LogP contribution < -0.4 is 5.73 Å². The van der Waals surface area contributed by atoms with Crippen LogP contribution in [0.3, 0.4) is 0 Å². The maximum atomic E-state index is 12.1. The fraction of sp³-hybridized carbons (Fsp3) is 0.385. The third-order valence-corrected chi connectivity index (χ3v) is 4.64. The number of amidine groups is 1. The van der Waals surface area contributed by atoms with E-state index in [1.165, 1.54) is 0 Å². The van der Waals surface area contributed by atoms with Crippen molar-refractivity contribution in [2.24, 2.45) is 10.1 Å². The minimum atomic E-state index is -3.59. The van der Waals surface area contributed by atoms with E-state index in [0.29, 0.717) is 29.4 Å². The molecule has 2 rings (SSSR count). The largest absolute Gasteiger partial charge is 0.393 e. The van der Waals surface area contributed by atoms with Gasteiger partial charge in [0, 0.05) is 24.6 Å². The molecule has 0 saturated heterocycles. The quantitative estimate of drug-likeness (QED) is 0.853. The second-order valence-electron chi connectivity index (χ2n) is 4.89. The Bertz CT molecular complexity index is 666. The summed E-state index contributed by atoms with van der Waals surface area (Å²) in [6, 6.07) is 6.96. The van der Waals surface area contributed by atoms with Gasteiger partial charge < -0.3 is 10.6 Å². The Hall–Kier alpha value is -1.47. The zero-order chi connectivity index (χ0) is 14.9. The van der Waals surface area contributed by atoms with Crippen molar-refractivity contribution in [1.29, 1.82) is 0 Å². The highest BCUT2D eigenvalue weighted by Gasteiger charge is 2.32. The molecule has 0 aliphatic carbocycles. The van der Waals surface area contributed by atoms with Crippen LogP contribution in [-0.4, -0.2) is 36.7 Å². The van der Waals surface area contributed by atoms with E-state index in [1.54, 1.807) is 24.3 Å². The molecule has 0 radical (unpaired) electrons. The lowest BCUT2D eigenvalue weighted by atomic mass is 10.1. The Morgan fingerprint density at radius 2 is 2.05 bits per heavy atom. The van der Waals surface area contributed by atoms with E-state index >= 15 is 0 Å². The monoisotopic (exact) mass is 311 g/mol. The van der Waals surface area contributed by atoms with E-state index < -0.39 is 10.0 Å². The molecule has 1 aliphatic heterocycles. The van der Waals surface area contributed by atoms with Crippen LogP contribution in [0.2, 0.25) is 0 Å². The van der Waals surface area contributed by atoms with E-state index in [9.17, 15) is 8.42 Å². The van der Waals surface area contributed by atoms with Crippen LogP contribution >= 0.6 is 12.2 Å². The van der Waals surface area contributed by atoms with Crippen molar-refractivity contribution in [1.82, 2.24) is 4.90 Å². The Morgan fingerprint density at radius 3 is 2.65 bits per heavy atom. The zero-order valence-electron chi connectivity index (χ0n) is 11.4. The van der Waals surface area contributed by atoms with Gasteiger partial charge in [-0.3, -0.25) is 0 Å². The highest BCUT2D eigenvalue weighted by molar-refractivity contribution is 7.90. The smallest absolute Gasteiger partial charge is 0.285 e. The fourth-order valence-corrected chi connectivity index (χ4v) is 3.44. The first-order valence-corrected chi connectivity index (χ1v) is 8.17. The molecule has 1 aliphatic rings. The highest BCUT2D eigenvalue weighted by Crippen LogP contribution is 2.28. The van der Waals surface area contributed by atoms with Crippen molar-refractivity contribution in [3.05, 3.63) is 29.8 Å². The molecule has 2 N–H and O–H groups in total. The average Bonchev–Trinajstić information content (AvgIpc) is 2.62. The van der Waals surface area contributed by atoms with Crippen LogP contribution in [0.4, 0.5) is 0 Å². The van der Waals surface area contributed by atoms with Gasteiger partial charge in [0.1, 0.15) is 4.90 Å². The van der Waals surface area contributed by atoms with E-state index in [0.717, 1.165) is 0 Å². The molecular weight excluding hydrogens is 294 g/mol. The first kappa shape index (κ1) is 14.9. The molecule has 0 atom stereocenters. The van der Waals surface area contributed by atoms with Crippen LogP contribution in [0, 0.1) is 0 Å². The summed E-state index contributed by atoms with van der Waals surface area (Å²) in [6.07, 6.45) is 0.523. The van der Waals surface area contributed by atoms with E-state index in [1.807, 2.05) is 18.7 Å². The maximum absolute atomic E-state index is 12.1. The van der Waals surface area contributed by atoms with Gasteiger partial charge in [0.05, 0.1) is 4.99 Å². The van der Waals surface area contributed by atoms with Crippen LogP contribution in [-0.2, 0) is 10.0 Å². The zero-order valence-corrected chi connectivity index (χ0v) is 13.0. The summed E-state index contributed by atoms with van der Waals surface area (Å²) in [5.74, 6) is 0.479. The second kappa shape index (κ2) is 5.49. The van der Waals surface area contributed by atoms with Gasteiger partial charge in [-0.05, 0) is 26.0 Å². The molecule has 5 nitrogen and oxygen atoms in total. The third kappa shape index (κ3) is 2.83. The molecule has 1 aromatic carbocycles.